The second-order valence-corrected chi connectivity index (χ2v) is 6.52. The van der Waals surface area contributed by atoms with E-state index in [0.717, 1.165) is 11.1 Å². The lowest BCUT2D eigenvalue weighted by atomic mass is 10.1. The number of carbonyl (C=O) groups excluding carboxylic acids is 2. The van der Waals surface area contributed by atoms with Crippen LogP contribution in [0.15, 0.2) is 36.4 Å². The summed E-state index contributed by atoms with van der Waals surface area (Å²) in [5.41, 5.74) is 3.54. The van der Waals surface area contributed by atoms with Gasteiger partial charge in [-0.15, -0.1) is 5.10 Å². The number of likely N-dealkylation sites (N-methyl/N-ethyl adjacent to an activating group) is 1. The highest BCUT2D eigenvalue weighted by Crippen LogP contribution is 2.25. The summed E-state index contributed by atoms with van der Waals surface area (Å²) in [6.07, 6.45) is 0. The summed E-state index contributed by atoms with van der Waals surface area (Å²) in [6.45, 7) is 4.51. The molecule has 0 aliphatic carbocycles. The first-order valence-corrected chi connectivity index (χ1v) is 8.96. The molecule has 0 spiro atoms. The third-order valence-electron chi connectivity index (χ3n) is 4.42. The van der Waals surface area contributed by atoms with E-state index in [1.54, 1.807) is 37.0 Å². The molecule has 0 aliphatic heterocycles. The van der Waals surface area contributed by atoms with Gasteiger partial charge < -0.3 is 15.0 Å². The fraction of sp³-hybridized carbons (Fsp3) is 0.300. The minimum absolute atomic E-state index is 0.0877. The largest absolute Gasteiger partial charge is 0.495 e. The van der Waals surface area contributed by atoms with Crippen LogP contribution >= 0.6 is 0 Å². The van der Waals surface area contributed by atoms with Crippen LogP contribution in [0, 0.1) is 6.92 Å². The lowest BCUT2D eigenvalue weighted by molar-refractivity contribution is -0.116. The number of rotatable bonds is 6. The highest BCUT2D eigenvalue weighted by Gasteiger charge is 2.17. The Morgan fingerprint density at radius 2 is 2.00 bits per heavy atom. The Kier molecular flexibility index (Phi) is 5.58. The second-order valence-electron chi connectivity index (χ2n) is 6.52. The van der Waals surface area contributed by atoms with E-state index in [2.05, 4.69) is 15.6 Å². The first-order valence-electron chi connectivity index (χ1n) is 8.96. The summed E-state index contributed by atoms with van der Waals surface area (Å²) in [5.74, 6) is -0.00514. The number of methoxy groups -OCH3 is 1. The number of carbonyl (C=O) groups is 2. The third kappa shape index (κ3) is 3.95. The molecule has 0 atom stereocenters. The zero-order valence-corrected chi connectivity index (χ0v) is 16.4. The molecule has 0 aliphatic rings. The molecule has 0 fully saturated rings. The Balaban J connectivity index is 1.70. The second kappa shape index (κ2) is 8.08. The monoisotopic (exact) mass is 381 g/mol. The van der Waals surface area contributed by atoms with Crippen LogP contribution in [0.2, 0.25) is 0 Å². The van der Waals surface area contributed by atoms with Gasteiger partial charge in [-0.1, -0.05) is 11.3 Å². The van der Waals surface area contributed by atoms with Crippen molar-refractivity contribution in [3.05, 3.63) is 47.5 Å². The summed E-state index contributed by atoms with van der Waals surface area (Å²) < 4.78 is 7.02. The minimum atomic E-state index is -0.308. The highest BCUT2D eigenvalue weighted by molar-refractivity contribution is 6.01. The van der Waals surface area contributed by atoms with Crippen LogP contribution in [-0.2, 0) is 11.3 Å². The van der Waals surface area contributed by atoms with Crippen LogP contribution in [0.25, 0.3) is 11.0 Å². The van der Waals surface area contributed by atoms with E-state index >= 15 is 0 Å². The molecule has 0 saturated heterocycles. The fourth-order valence-corrected chi connectivity index (χ4v) is 2.96. The van der Waals surface area contributed by atoms with Gasteiger partial charge in [0.25, 0.3) is 5.91 Å². The number of nitrogens with zero attached hydrogens (tertiary/aromatic N) is 4. The first-order chi connectivity index (χ1) is 13.4. The van der Waals surface area contributed by atoms with Gasteiger partial charge in [-0.25, -0.2) is 4.68 Å². The molecule has 2 amide bonds. The SMILES string of the molecule is CCn1nnc2cc(C(=O)N(C)CC(=O)Nc3cc(C)ccc3OC)ccc21. The molecule has 3 rings (SSSR count). The zero-order chi connectivity index (χ0) is 20.3. The molecule has 3 aromatic rings. The maximum atomic E-state index is 12.7. The summed E-state index contributed by atoms with van der Waals surface area (Å²) in [4.78, 5) is 26.5. The highest BCUT2D eigenvalue weighted by atomic mass is 16.5. The zero-order valence-electron chi connectivity index (χ0n) is 16.4. The predicted octanol–water partition coefficient (Wildman–Crippen LogP) is 2.48. The van der Waals surface area contributed by atoms with Gasteiger partial charge in [0.1, 0.15) is 11.3 Å². The summed E-state index contributed by atoms with van der Waals surface area (Å²) in [6, 6.07) is 10.7. The van der Waals surface area contributed by atoms with Gasteiger partial charge in [0, 0.05) is 19.2 Å². The molecule has 1 aromatic heterocycles. The lowest BCUT2D eigenvalue weighted by Crippen LogP contribution is -2.35. The van der Waals surface area contributed by atoms with Crippen molar-refractivity contribution >= 4 is 28.5 Å². The van der Waals surface area contributed by atoms with Gasteiger partial charge >= 0.3 is 0 Å². The quantitative estimate of drug-likeness (QED) is 0.709. The number of nitrogens with one attached hydrogen (secondary N) is 1. The molecule has 0 saturated carbocycles. The van der Waals surface area contributed by atoms with Crippen LogP contribution in [0.3, 0.4) is 0 Å². The maximum absolute atomic E-state index is 12.7. The van der Waals surface area contributed by atoms with E-state index in [1.165, 1.54) is 4.90 Å². The number of benzene rings is 2. The standard InChI is InChI=1S/C20H23N5O3/c1-5-25-17-8-7-14(11-15(17)22-23-25)20(27)24(3)12-19(26)21-16-10-13(2)6-9-18(16)28-4/h6-11H,5,12H2,1-4H3,(H,21,26). The van der Waals surface area contributed by atoms with Crippen molar-refractivity contribution in [3.63, 3.8) is 0 Å². The maximum Gasteiger partial charge on any atom is 0.254 e. The number of aromatic nitrogens is 3. The van der Waals surface area contributed by atoms with E-state index < -0.39 is 0 Å². The molecule has 28 heavy (non-hydrogen) atoms. The number of hydrogen-bond donors (Lipinski definition) is 1. The summed E-state index contributed by atoms with van der Waals surface area (Å²) in [5, 5.41) is 10.9. The van der Waals surface area contributed by atoms with Crippen molar-refractivity contribution in [3.8, 4) is 5.75 Å². The number of fused-ring (bicyclic) bond motifs is 1. The average Bonchev–Trinajstić information content (AvgIpc) is 3.09. The van der Waals surface area contributed by atoms with E-state index in [-0.39, 0.29) is 18.4 Å². The van der Waals surface area contributed by atoms with E-state index in [4.69, 9.17) is 4.74 Å². The summed E-state index contributed by atoms with van der Waals surface area (Å²) >= 11 is 0. The third-order valence-corrected chi connectivity index (χ3v) is 4.42. The van der Waals surface area contributed by atoms with E-state index in [9.17, 15) is 9.59 Å². The normalized spacial score (nSPS) is 10.7. The summed E-state index contributed by atoms with van der Waals surface area (Å²) in [7, 11) is 3.13. The van der Waals surface area contributed by atoms with Gasteiger partial charge in [0.15, 0.2) is 0 Å². The van der Waals surface area contributed by atoms with Crippen molar-refractivity contribution in [1.82, 2.24) is 19.9 Å². The van der Waals surface area contributed by atoms with Crippen LogP contribution in [0.1, 0.15) is 22.8 Å². The average molecular weight is 381 g/mol. The minimum Gasteiger partial charge on any atom is -0.495 e. The van der Waals surface area contributed by atoms with Crippen molar-refractivity contribution in [2.75, 3.05) is 26.0 Å². The molecule has 1 N–H and O–H groups in total. The smallest absolute Gasteiger partial charge is 0.254 e. The van der Waals surface area contributed by atoms with E-state index in [1.807, 2.05) is 32.0 Å². The van der Waals surface area contributed by atoms with Gasteiger partial charge in [0.2, 0.25) is 5.91 Å². The molecule has 2 aromatic carbocycles. The molecule has 0 bridgehead atoms. The van der Waals surface area contributed by atoms with Crippen molar-refractivity contribution in [2.24, 2.45) is 0 Å². The first kappa shape index (κ1) is 19.3. The number of anilines is 1. The Labute approximate surface area is 163 Å². The van der Waals surface area contributed by atoms with Crippen LogP contribution in [0.5, 0.6) is 5.75 Å². The topological polar surface area (TPSA) is 89.4 Å². The predicted molar refractivity (Wildman–Crippen MR) is 107 cm³/mol. The van der Waals surface area contributed by atoms with Crippen LogP contribution < -0.4 is 10.1 Å². The van der Waals surface area contributed by atoms with Gasteiger partial charge in [-0.05, 0) is 49.7 Å². The number of aryl methyl sites for hydroxylation is 2. The molecule has 146 valence electrons. The van der Waals surface area contributed by atoms with Crippen molar-refractivity contribution in [2.45, 2.75) is 20.4 Å². The van der Waals surface area contributed by atoms with Gasteiger partial charge in [-0.2, -0.15) is 0 Å². The Hall–Kier alpha value is -3.42. The van der Waals surface area contributed by atoms with Crippen molar-refractivity contribution in [1.29, 1.82) is 0 Å². The molecule has 8 heteroatoms. The Morgan fingerprint density at radius 3 is 2.71 bits per heavy atom. The molecule has 0 unspecified atom stereocenters. The van der Waals surface area contributed by atoms with Crippen molar-refractivity contribution < 1.29 is 14.3 Å². The van der Waals surface area contributed by atoms with Crippen LogP contribution in [0.4, 0.5) is 5.69 Å². The Morgan fingerprint density at radius 1 is 1.21 bits per heavy atom. The number of hydrogen-bond acceptors (Lipinski definition) is 5. The number of ether oxygens (including phenoxy) is 1. The molecular formula is C20H23N5O3. The number of amides is 2. The molecular weight excluding hydrogens is 358 g/mol. The van der Waals surface area contributed by atoms with Gasteiger partial charge in [-0.3, -0.25) is 9.59 Å². The van der Waals surface area contributed by atoms with E-state index in [0.29, 0.717) is 29.1 Å². The molecule has 8 nitrogen and oxygen atoms in total. The fourth-order valence-electron chi connectivity index (χ4n) is 2.96. The van der Waals surface area contributed by atoms with Gasteiger partial charge in [0.05, 0.1) is 24.9 Å². The molecule has 0 radical (unpaired) electrons. The van der Waals surface area contributed by atoms with Crippen LogP contribution in [-0.4, -0.2) is 52.4 Å². The Bertz CT molecular complexity index is 1030. The lowest BCUT2D eigenvalue weighted by Gasteiger charge is -2.18. The molecule has 1 heterocycles.